The van der Waals surface area contributed by atoms with Crippen LogP contribution in [-0.4, -0.2) is 9.97 Å². The molecule has 0 radical (unpaired) electrons. The van der Waals surface area contributed by atoms with E-state index < -0.39 is 0 Å². The Morgan fingerprint density at radius 1 is 0.385 bits per heavy atom. The molecule has 4 nitrogen and oxygen atoms in total. The molecule has 0 unspecified atom stereocenters. The first-order valence-electron chi connectivity index (χ1n) is 21.9. The van der Waals surface area contributed by atoms with Gasteiger partial charge >= 0.3 is 0 Å². The molecule has 0 N–H and O–H groups in total. The third-order valence-electron chi connectivity index (χ3n) is 12.7. The van der Waals surface area contributed by atoms with Gasteiger partial charge in [0.05, 0.1) is 27.3 Å². The van der Waals surface area contributed by atoms with Crippen LogP contribution in [-0.2, 0) is 0 Å². The van der Waals surface area contributed by atoms with Gasteiger partial charge in [-0.15, -0.1) is 11.3 Å². The van der Waals surface area contributed by atoms with E-state index in [2.05, 4.69) is 223 Å². The fourth-order valence-corrected chi connectivity index (χ4v) is 10.8. The van der Waals surface area contributed by atoms with Crippen molar-refractivity contribution in [3.05, 3.63) is 224 Å². The molecule has 3 heterocycles. The topological polar surface area (TPSA) is 42.2 Å². The number of aromatic nitrogens is 2. The molecular formula is C60H37N3OS. The van der Waals surface area contributed by atoms with Crippen molar-refractivity contribution in [2.45, 2.75) is 0 Å². The lowest BCUT2D eigenvalue weighted by atomic mass is 9.96. The summed E-state index contributed by atoms with van der Waals surface area (Å²) in [5.74, 6) is 0.676. The predicted octanol–water partition coefficient (Wildman–Crippen LogP) is 17.2. The normalized spacial score (nSPS) is 11.7. The summed E-state index contributed by atoms with van der Waals surface area (Å²) in [6.45, 7) is 0. The number of fused-ring (bicyclic) bond motifs is 9. The smallest absolute Gasteiger partial charge is 0.160 e. The molecule has 13 aromatic rings. The minimum absolute atomic E-state index is 0.676. The minimum atomic E-state index is 0.676. The number of nitrogens with zero attached hydrogens (tertiary/aromatic N) is 3. The van der Waals surface area contributed by atoms with E-state index in [9.17, 15) is 0 Å². The second-order valence-corrected chi connectivity index (χ2v) is 17.5. The maximum atomic E-state index is 6.79. The zero-order valence-corrected chi connectivity index (χ0v) is 35.8. The van der Waals surface area contributed by atoms with Gasteiger partial charge in [-0.3, -0.25) is 0 Å². The van der Waals surface area contributed by atoms with E-state index in [0.717, 1.165) is 94.2 Å². The van der Waals surface area contributed by atoms with Crippen molar-refractivity contribution in [3.63, 3.8) is 0 Å². The van der Waals surface area contributed by atoms with Gasteiger partial charge in [0.15, 0.2) is 5.82 Å². The summed E-state index contributed by atoms with van der Waals surface area (Å²) < 4.78 is 9.28. The fraction of sp³-hybridized carbons (Fsp3) is 0. The molecule has 0 amide bonds. The van der Waals surface area contributed by atoms with Gasteiger partial charge in [-0.25, -0.2) is 9.97 Å². The Morgan fingerprint density at radius 2 is 1.08 bits per heavy atom. The van der Waals surface area contributed by atoms with Gasteiger partial charge in [-0.1, -0.05) is 158 Å². The lowest BCUT2D eigenvalue weighted by Crippen LogP contribution is -2.11. The minimum Gasteiger partial charge on any atom is -0.456 e. The monoisotopic (exact) mass is 847 g/mol. The van der Waals surface area contributed by atoms with Crippen molar-refractivity contribution in [2.24, 2.45) is 0 Å². The highest BCUT2D eigenvalue weighted by molar-refractivity contribution is 7.26. The Labute approximate surface area is 378 Å². The van der Waals surface area contributed by atoms with Gasteiger partial charge < -0.3 is 9.32 Å². The standard InChI is InChI=1S/C60H37N3OS/c1-4-15-38(16-5-1)42-28-33-52(50(35-42)39-17-6-2-7-18-39)63(53-25-14-24-48-47-23-12-13-26-56(47)65-59(48)53)44-30-32-46-51-36-43(29-34-54(51)64-55(46)37-44)60-61-57(41-20-8-3-9-21-41)49-31-27-40-19-10-11-22-45(40)58(49)62-60/h1-37H. The zero-order valence-electron chi connectivity index (χ0n) is 35.0. The van der Waals surface area contributed by atoms with Crippen LogP contribution < -0.4 is 4.90 Å². The van der Waals surface area contributed by atoms with Gasteiger partial charge in [0.25, 0.3) is 0 Å². The molecular weight excluding hydrogens is 811 g/mol. The van der Waals surface area contributed by atoms with Crippen LogP contribution >= 0.6 is 11.3 Å². The Morgan fingerprint density at radius 3 is 1.91 bits per heavy atom. The molecule has 0 saturated carbocycles. The summed E-state index contributed by atoms with van der Waals surface area (Å²) in [6.07, 6.45) is 0. The Hall–Kier alpha value is -8.38. The van der Waals surface area contributed by atoms with E-state index in [1.807, 2.05) is 17.4 Å². The molecule has 0 aliphatic carbocycles. The third-order valence-corrected chi connectivity index (χ3v) is 13.9. The summed E-state index contributed by atoms with van der Waals surface area (Å²) in [5, 5.41) is 7.84. The van der Waals surface area contributed by atoms with E-state index in [1.54, 1.807) is 0 Å². The van der Waals surface area contributed by atoms with Crippen molar-refractivity contribution in [2.75, 3.05) is 4.90 Å². The average Bonchev–Trinajstić information content (AvgIpc) is 3.95. The summed E-state index contributed by atoms with van der Waals surface area (Å²) >= 11 is 1.84. The summed E-state index contributed by atoms with van der Waals surface area (Å²) in [7, 11) is 0. The van der Waals surface area contributed by atoms with Crippen molar-refractivity contribution < 1.29 is 4.42 Å². The highest BCUT2D eigenvalue weighted by Gasteiger charge is 2.23. The van der Waals surface area contributed by atoms with Gasteiger partial charge in [0.1, 0.15) is 11.2 Å². The fourth-order valence-electron chi connectivity index (χ4n) is 9.56. The zero-order chi connectivity index (χ0) is 42.8. The number of benzene rings is 10. The molecule has 0 spiro atoms. The predicted molar refractivity (Wildman–Crippen MR) is 274 cm³/mol. The molecule has 0 aliphatic heterocycles. The molecule has 0 atom stereocenters. The Kier molecular flexibility index (Phi) is 8.68. The van der Waals surface area contributed by atoms with Crippen LogP contribution in [0.15, 0.2) is 229 Å². The van der Waals surface area contributed by atoms with Crippen LogP contribution in [0.4, 0.5) is 17.1 Å². The number of hydrogen-bond donors (Lipinski definition) is 0. The van der Waals surface area contributed by atoms with E-state index in [1.165, 1.54) is 25.7 Å². The molecule has 65 heavy (non-hydrogen) atoms. The summed E-state index contributed by atoms with van der Waals surface area (Å²) in [4.78, 5) is 13.0. The van der Waals surface area contributed by atoms with Crippen LogP contribution in [0.2, 0.25) is 0 Å². The first kappa shape index (κ1) is 37.2. The summed E-state index contributed by atoms with van der Waals surface area (Å²) in [5.41, 5.74) is 13.3. The largest absolute Gasteiger partial charge is 0.456 e. The Balaban J connectivity index is 1.01. The van der Waals surface area contributed by atoms with E-state index in [0.29, 0.717) is 5.82 Å². The summed E-state index contributed by atoms with van der Waals surface area (Å²) in [6, 6.07) is 79.8. The lowest BCUT2D eigenvalue weighted by molar-refractivity contribution is 0.669. The molecule has 5 heteroatoms. The molecule has 0 bridgehead atoms. The van der Waals surface area contributed by atoms with Crippen LogP contribution in [0.25, 0.3) is 109 Å². The molecule has 3 aromatic heterocycles. The number of furan rings is 1. The SMILES string of the molecule is c1ccc(-c2ccc(N(c3ccc4c(c3)oc3ccc(-c5nc(-c6ccccc6)c6ccc7ccccc7c6n5)cc34)c3cccc4c3sc3ccccc34)c(-c3ccccc3)c2)cc1. The molecule has 10 aromatic carbocycles. The molecule has 0 aliphatic rings. The lowest BCUT2D eigenvalue weighted by Gasteiger charge is -2.29. The molecule has 304 valence electrons. The second-order valence-electron chi connectivity index (χ2n) is 16.5. The Bertz CT molecular complexity index is 3950. The number of rotatable bonds is 7. The maximum absolute atomic E-state index is 6.79. The van der Waals surface area contributed by atoms with Crippen molar-refractivity contribution in [3.8, 4) is 44.9 Å². The second kappa shape index (κ2) is 15.2. The van der Waals surface area contributed by atoms with E-state index in [4.69, 9.17) is 14.4 Å². The average molecular weight is 848 g/mol. The van der Waals surface area contributed by atoms with Crippen LogP contribution in [0.3, 0.4) is 0 Å². The van der Waals surface area contributed by atoms with Crippen molar-refractivity contribution in [1.82, 2.24) is 9.97 Å². The van der Waals surface area contributed by atoms with Gasteiger partial charge in [-0.05, 0) is 82.7 Å². The van der Waals surface area contributed by atoms with E-state index >= 15 is 0 Å². The van der Waals surface area contributed by atoms with Crippen LogP contribution in [0.5, 0.6) is 0 Å². The van der Waals surface area contributed by atoms with Crippen LogP contribution in [0.1, 0.15) is 0 Å². The van der Waals surface area contributed by atoms with Gasteiger partial charge in [-0.2, -0.15) is 0 Å². The highest BCUT2D eigenvalue weighted by atomic mass is 32.1. The first-order valence-corrected chi connectivity index (χ1v) is 22.7. The van der Waals surface area contributed by atoms with Gasteiger partial charge in [0, 0.05) is 65.5 Å². The molecule has 0 saturated heterocycles. The van der Waals surface area contributed by atoms with E-state index in [-0.39, 0.29) is 0 Å². The molecule has 13 rings (SSSR count). The number of anilines is 3. The first-order chi connectivity index (χ1) is 32.2. The maximum Gasteiger partial charge on any atom is 0.160 e. The number of thiophene rings is 1. The van der Waals surface area contributed by atoms with Crippen LogP contribution in [0, 0.1) is 0 Å². The number of hydrogen-bond acceptors (Lipinski definition) is 5. The molecule has 0 fully saturated rings. The van der Waals surface area contributed by atoms with Crippen molar-refractivity contribution >= 4 is 92.2 Å². The highest BCUT2D eigenvalue weighted by Crippen LogP contribution is 2.49. The quantitative estimate of drug-likeness (QED) is 0.150. The third kappa shape index (κ3) is 6.28. The van der Waals surface area contributed by atoms with Gasteiger partial charge in [0.2, 0.25) is 0 Å². The van der Waals surface area contributed by atoms with Crippen molar-refractivity contribution in [1.29, 1.82) is 0 Å².